The van der Waals surface area contributed by atoms with Crippen LogP contribution in [0.5, 0.6) is 23.0 Å². The summed E-state index contributed by atoms with van der Waals surface area (Å²) in [5.74, 6) is 5.09. The Morgan fingerprint density at radius 3 is 0.892 bits per heavy atom. The molecule has 1 aromatic heterocycles. The smallest absolute Gasteiger partial charge is 0.164 e. The van der Waals surface area contributed by atoms with Crippen LogP contribution in [-0.2, 0) is 0 Å². The van der Waals surface area contributed by atoms with Crippen molar-refractivity contribution in [3.8, 4) is 57.2 Å². The molecule has 2 aliphatic heterocycles. The van der Waals surface area contributed by atoms with Crippen LogP contribution in [0, 0.1) is 0 Å². The Balaban J connectivity index is 0.952. The first kappa shape index (κ1) is 37.7. The predicted molar refractivity (Wildman–Crippen MR) is 260 cm³/mol. The van der Waals surface area contributed by atoms with Crippen LogP contribution >= 0.6 is 0 Å². The largest absolute Gasteiger partial charge is 0.453 e. The molecule has 12 rings (SSSR count). The van der Waals surface area contributed by atoms with Gasteiger partial charge in [0, 0.05) is 45.1 Å². The van der Waals surface area contributed by atoms with Gasteiger partial charge in [-0.25, -0.2) is 15.0 Å². The molecular weight excluding hydrogens is 801 g/mol. The van der Waals surface area contributed by atoms with Crippen molar-refractivity contribution in [2.24, 2.45) is 0 Å². The summed E-state index contributed by atoms with van der Waals surface area (Å²) in [4.78, 5) is 21.7. The minimum atomic E-state index is 0.599. The molecule has 308 valence electrons. The number of nitrogens with zero attached hydrogens (tertiary/aromatic N) is 6. The van der Waals surface area contributed by atoms with E-state index in [0.717, 1.165) is 90.9 Å². The third-order valence-electron chi connectivity index (χ3n) is 11.7. The Bertz CT molecular complexity index is 3040. The lowest BCUT2D eigenvalue weighted by Gasteiger charge is -2.34. The monoisotopic (exact) mass is 838 g/mol. The predicted octanol–water partition coefficient (Wildman–Crippen LogP) is 15.5. The molecule has 3 heterocycles. The summed E-state index contributed by atoms with van der Waals surface area (Å²) < 4.78 is 12.7. The molecule has 8 nitrogen and oxygen atoms in total. The molecule has 8 heteroatoms. The minimum absolute atomic E-state index is 0.599. The van der Waals surface area contributed by atoms with Crippen LogP contribution in [0.25, 0.3) is 34.2 Å². The van der Waals surface area contributed by atoms with Gasteiger partial charge in [-0.15, -0.1) is 0 Å². The Morgan fingerprint density at radius 2 is 0.554 bits per heavy atom. The van der Waals surface area contributed by atoms with E-state index in [1.807, 2.05) is 133 Å². The summed E-state index contributed by atoms with van der Waals surface area (Å²) in [6.45, 7) is 0. The topological polar surface area (TPSA) is 66.9 Å². The first-order valence-electron chi connectivity index (χ1n) is 21.5. The molecule has 0 bridgehead atoms. The number of anilines is 9. The molecule has 65 heavy (non-hydrogen) atoms. The third-order valence-corrected chi connectivity index (χ3v) is 11.7. The van der Waals surface area contributed by atoms with Crippen LogP contribution in [0.1, 0.15) is 0 Å². The number of fused-ring (bicyclic) bond motifs is 4. The second kappa shape index (κ2) is 16.0. The van der Waals surface area contributed by atoms with Gasteiger partial charge in [0.25, 0.3) is 0 Å². The van der Waals surface area contributed by atoms with Crippen LogP contribution in [0.3, 0.4) is 0 Å². The number of hydrogen-bond acceptors (Lipinski definition) is 8. The Kier molecular flexibility index (Phi) is 9.31. The van der Waals surface area contributed by atoms with Crippen LogP contribution in [0.2, 0.25) is 0 Å². The lowest BCUT2D eigenvalue weighted by molar-refractivity contribution is 0.477. The van der Waals surface area contributed by atoms with Gasteiger partial charge in [-0.05, 0) is 121 Å². The van der Waals surface area contributed by atoms with Gasteiger partial charge in [0.15, 0.2) is 40.5 Å². The van der Waals surface area contributed by atoms with Gasteiger partial charge in [0.1, 0.15) is 0 Å². The van der Waals surface area contributed by atoms with Crippen LogP contribution < -0.4 is 24.2 Å². The standard InChI is InChI=1S/C57H38N6O2/c1-3-15-39(16-4-1)55-58-56(40-17-5-2-6-18-40)60-57(59-55)41-27-29-42(30-28-41)61(43-31-35-45(36-32-43)62-47-19-7-11-23-51(47)64-52-24-12-8-20-48(52)62)44-33-37-46(38-34-44)63-49-21-9-13-25-53(49)65-54-26-14-10-22-50(54)63/h1-38H. The van der Waals surface area contributed by atoms with Crippen molar-refractivity contribution in [2.45, 2.75) is 0 Å². The molecular formula is C57H38N6O2. The van der Waals surface area contributed by atoms with Crippen LogP contribution in [0.4, 0.5) is 51.2 Å². The number of hydrogen-bond donors (Lipinski definition) is 0. The Morgan fingerprint density at radius 1 is 0.277 bits per heavy atom. The van der Waals surface area contributed by atoms with Crippen molar-refractivity contribution in [1.82, 2.24) is 15.0 Å². The summed E-state index contributed by atoms with van der Waals surface area (Å²) in [7, 11) is 0. The summed E-state index contributed by atoms with van der Waals surface area (Å²) in [6, 6.07) is 78.6. The van der Waals surface area contributed by atoms with Crippen LogP contribution in [-0.4, -0.2) is 15.0 Å². The highest BCUT2D eigenvalue weighted by atomic mass is 16.5. The van der Waals surface area contributed by atoms with Crippen LogP contribution in [0.15, 0.2) is 231 Å². The molecule has 0 unspecified atom stereocenters. The molecule has 0 fully saturated rings. The quantitative estimate of drug-likeness (QED) is 0.150. The van der Waals surface area contributed by atoms with E-state index in [1.165, 1.54) is 0 Å². The van der Waals surface area contributed by atoms with E-state index in [1.54, 1.807) is 0 Å². The number of aromatic nitrogens is 3. The average molecular weight is 839 g/mol. The molecule has 0 amide bonds. The van der Waals surface area contributed by atoms with Crippen molar-refractivity contribution in [2.75, 3.05) is 14.7 Å². The van der Waals surface area contributed by atoms with Crippen molar-refractivity contribution >= 4 is 51.2 Å². The molecule has 0 saturated carbocycles. The lowest BCUT2D eigenvalue weighted by Crippen LogP contribution is -2.16. The van der Waals surface area contributed by atoms with Gasteiger partial charge in [-0.1, -0.05) is 109 Å². The SMILES string of the molecule is c1ccc(-c2nc(-c3ccccc3)nc(-c3ccc(N(c4ccc(N5c6ccccc6Oc6ccccc65)cc4)c4ccc(N5c6ccccc6Oc6ccccc65)cc4)cc3)n2)cc1. The molecule has 0 atom stereocenters. The first-order chi connectivity index (χ1) is 32.2. The van der Waals surface area contributed by atoms with Crippen molar-refractivity contribution in [1.29, 1.82) is 0 Å². The molecule has 0 saturated heterocycles. The second-order valence-electron chi connectivity index (χ2n) is 15.7. The highest BCUT2D eigenvalue weighted by Crippen LogP contribution is 2.52. The Labute approximate surface area is 376 Å². The summed E-state index contributed by atoms with van der Waals surface area (Å²) in [5.41, 5.74) is 11.7. The second-order valence-corrected chi connectivity index (χ2v) is 15.7. The van der Waals surface area contributed by atoms with Crippen molar-refractivity contribution in [3.63, 3.8) is 0 Å². The minimum Gasteiger partial charge on any atom is -0.453 e. The zero-order valence-corrected chi connectivity index (χ0v) is 34.9. The first-order valence-corrected chi connectivity index (χ1v) is 21.5. The number of para-hydroxylation sites is 8. The number of rotatable bonds is 8. The van der Waals surface area contributed by atoms with E-state index in [0.29, 0.717) is 17.5 Å². The summed E-state index contributed by atoms with van der Waals surface area (Å²) in [5, 5.41) is 0. The zero-order valence-electron chi connectivity index (χ0n) is 34.9. The highest BCUT2D eigenvalue weighted by Gasteiger charge is 2.27. The van der Waals surface area contributed by atoms with Crippen molar-refractivity contribution in [3.05, 3.63) is 231 Å². The van der Waals surface area contributed by atoms with Gasteiger partial charge in [0.05, 0.1) is 22.7 Å². The van der Waals surface area contributed by atoms with E-state index < -0.39 is 0 Å². The van der Waals surface area contributed by atoms with Gasteiger partial charge in [-0.2, -0.15) is 0 Å². The van der Waals surface area contributed by atoms with Crippen molar-refractivity contribution < 1.29 is 9.47 Å². The normalized spacial score (nSPS) is 12.2. The van der Waals surface area contributed by atoms with E-state index >= 15 is 0 Å². The lowest BCUT2D eigenvalue weighted by atomic mass is 10.1. The number of ether oxygens (including phenoxy) is 2. The van der Waals surface area contributed by atoms with Gasteiger partial charge in [0.2, 0.25) is 0 Å². The zero-order chi connectivity index (χ0) is 43.1. The fraction of sp³-hybridized carbons (Fsp3) is 0. The van der Waals surface area contributed by atoms with Gasteiger partial charge < -0.3 is 24.2 Å². The maximum atomic E-state index is 6.33. The van der Waals surface area contributed by atoms with E-state index in [-0.39, 0.29) is 0 Å². The fourth-order valence-corrected chi connectivity index (χ4v) is 8.61. The fourth-order valence-electron chi connectivity index (χ4n) is 8.61. The van der Waals surface area contributed by atoms with Gasteiger partial charge in [-0.3, -0.25) is 0 Å². The molecule has 0 spiro atoms. The molecule has 0 N–H and O–H groups in total. The average Bonchev–Trinajstić information content (AvgIpc) is 3.38. The molecule has 0 aliphatic carbocycles. The maximum Gasteiger partial charge on any atom is 0.164 e. The third kappa shape index (κ3) is 6.96. The van der Waals surface area contributed by atoms with E-state index in [2.05, 4.69) is 112 Å². The van der Waals surface area contributed by atoms with E-state index in [9.17, 15) is 0 Å². The van der Waals surface area contributed by atoms with Gasteiger partial charge >= 0.3 is 0 Å². The maximum absolute atomic E-state index is 6.33. The highest BCUT2D eigenvalue weighted by molar-refractivity contribution is 5.89. The molecule has 2 aliphatic rings. The summed E-state index contributed by atoms with van der Waals surface area (Å²) >= 11 is 0. The molecule has 10 aromatic rings. The molecule has 0 radical (unpaired) electrons. The Hall–Kier alpha value is -9.01. The van der Waals surface area contributed by atoms with E-state index in [4.69, 9.17) is 24.4 Å². The number of benzene rings is 9. The summed E-state index contributed by atoms with van der Waals surface area (Å²) in [6.07, 6.45) is 0. The molecule has 9 aromatic carbocycles.